The molecule has 0 aliphatic carbocycles. The van der Waals surface area contributed by atoms with E-state index >= 15 is 0 Å². The fraction of sp³-hybridized carbons (Fsp3) is 0.562. The molecule has 1 aromatic carbocycles. The summed E-state index contributed by atoms with van der Waals surface area (Å²) in [7, 11) is 0. The second-order valence-electron chi connectivity index (χ2n) is 6.04. The first-order valence-corrected chi connectivity index (χ1v) is 8.65. The van der Waals surface area contributed by atoms with Crippen molar-refractivity contribution < 1.29 is 4.39 Å². The molecule has 5 heteroatoms. The van der Waals surface area contributed by atoms with E-state index in [1.54, 1.807) is 17.4 Å². The van der Waals surface area contributed by atoms with Crippen LogP contribution in [-0.4, -0.2) is 35.6 Å². The predicted octanol–water partition coefficient (Wildman–Crippen LogP) is 3.32. The molecule has 1 N–H and O–H groups in total. The van der Waals surface area contributed by atoms with Gasteiger partial charge in [0.15, 0.2) is 0 Å². The van der Waals surface area contributed by atoms with Crippen LogP contribution in [0.3, 0.4) is 0 Å². The summed E-state index contributed by atoms with van der Waals surface area (Å²) in [5.74, 6) is -0.194. The van der Waals surface area contributed by atoms with Gasteiger partial charge in [-0.05, 0) is 57.5 Å². The number of likely N-dealkylation sites (tertiary alicyclic amines) is 1. The number of nitrogens with one attached hydrogen (secondary N) is 1. The van der Waals surface area contributed by atoms with Crippen LogP contribution in [-0.2, 0) is 0 Å². The van der Waals surface area contributed by atoms with Gasteiger partial charge in [-0.15, -0.1) is 11.3 Å². The van der Waals surface area contributed by atoms with Crippen molar-refractivity contribution in [3.63, 3.8) is 0 Å². The summed E-state index contributed by atoms with van der Waals surface area (Å²) in [4.78, 5) is 7.37. The Morgan fingerprint density at radius 3 is 2.95 bits per heavy atom. The summed E-state index contributed by atoms with van der Waals surface area (Å²) in [6.45, 7) is 3.43. The fourth-order valence-electron chi connectivity index (χ4n) is 3.69. The molecular formula is C16H20FN3S. The van der Waals surface area contributed by atoms with E-state index in [1.165, 1.54) is 43.3 Å². The van der Waals surface area contributed by atoms with Gasteiger partial charge in [0.2, 0.25) is 0 Å². The van der Waals surface area contributed by atoms with Gasteiger partial charge in [0, 0.05) is 12.1 Å². The average Bonchev–Trinajstić information content (AvgIpc) is 3.13. The molecule has 3 nitrogen and oxygen atoms in total. The van der Waals surface area contributed by atoms with Gasteiger partial charge in [-0.1, -0.05) is 0 Å². The molecule has 0 radical (unpaired) electrons. The van der Waals surface area contributed by atoms with Crippen LogP contribution < -0.4 is 5.32 Å². The van der Waals surface area contributed by atoms with Gasteiger partial charge in [-0.2, -0.15) is 0 Å². The molecule has 1 unspecified atom stereocenters. The number of hydrogen-bond donors (Lipinski definition) is 1. The highest BCUT2D eigenvalue weighted by molar-refractivity contribution is 7.18. The van der Waals surface area contributed by atoms with Crippen LogP contribution >= 0.6 is 11.3 Å². The summed E-state index contributed by atoms with van der Waals surface area (Å²) in [6.07, 6.45) is 4.90. The first-order chi connectivity index (χ1) is 10.3. The number of fused-ring (bicyclic) bond motifs is 1. The number of aromatic nitrogens is 1. The zero-order valence-electron chi connectivity index (χ0n) is 12.0. The van der Waals surface area contributed by atoms with Crippen LogP contribution in [0.5, 0.6) is 0 Å². The van der Waals surface area contributed by atoms with Crippen molar-refractivity contribution in [2.24, 2.45) is 0 Å². The van der Waals surface area contributed by atoms with Crippen molar-refractivity contribution >= 4 is 21.6 Å². The normalized spacial score (nSPS) is 24.9. The summed E-state index contributed by atoms with van der Waals surface area (Å²) >= 11 is 1.74. The number of thiazole rings is 1. The Kier molecular flexibility index (Phi) is 3.65. The van der Waals surface area contributed by atoms with Crippen LogP contribution in [0.2, 0.25) is 0 Å². The first kappa shape index (κ1) is 13.6. The lowest BCUT2D eigenvalue weighted by Crippen LogP contribution is -2.42. The maximum atomic E-state index is 13.3. The van der Waals surface area contributed by atoms with Crippen LogP contribution in [0.1, 0.15) is 36.7 Å². The lowest BCUT2D eigenvalue weighted by molar-refractivity contribution is 0.148. The van der Waals surface area contributed by atoms with Gasteiger partial charge in [0.05, 0.1) is 16.3 Å². The Bertz CT molecular complexity index is 635. The number of nitrogens with zero attached hydrogens (tertiary/aromatic N) is 2. The summed E-state index contributed by atoms with van der Waals surface area (Å²) in [5.41, 5.74) is 0.812. The van der Waals surface area contributed by atoms with Gasteiger partial charge in [-0.3, -0.25) is 4.90 Å². The molecule has 1 atom stereocenters. The van der Waals surface area contributed by atoms with Gasteiger partial charge < -0.3 is 5.32 Å². The molecule has 112 valence electrons. The SMILES string of the molecule is Fc1ccc2sc(C3CCCN3C3CCNCC3)nc2c1. The van der Waals surface area contributed by atoms with Crippen molar-refractivity contribution in [3.05, 3.63) is 29.0 Å². The van der Waals surface area contributed by atoms with E-state index in [0.717, 1.165) is 23.3 Å². The molecule has 2 aliphatic rings. The average molecular weight is 305 g/mol. The second-order valence-corrected chi connectivity index (χ2v) is 7.10. The Labute approximate surface area is 128 Å². The van der Waals surface area contributed by atoms with Gasteiger partial charge in [-0.25, -0.2) is 9.37 Å². The molecule has 2 aliphatic heterocycles. The largest absolute Gasteiger partial charge is 0.317 e. The van der Waals surface area contributed by atoms with E-state index in [4.69, 9.17) is 4.98 Å². The van der Waals surface area contributed by atoms with Crippen molar-refractivity contribution in [1.29, 1.82) is 0 Å². The van der Waals surface area contributed by atoms with E-state index in [9.17, 15) is 4.39 Å². The minimum atomic E-state index is -0.194. The maximum absolute atomic E-state index is 13.3. The van der Waals surface area contributed by atoms with E-state index < -0.39 is 0 Å². The van der Waals surface area contributed by atoms with E-state index in [2.05, 4.69) is 10.2 Å². The molecule has 0 bridgehead atoms. The van der Waals surface area contributed by atoms with Gasteiger partial charge in [0.1, 0.15) is 10.8 Å². The maximum Gasteiger partial charge on any atom is 0.125 e. The molecule has 2 saturated heterocycles. The molecule has 1 aromatic heterocycles. The zero-order valence-corrected chi connectivity index (χ0v) is 12.8. The Morgan fingerprint density at radius 1 is 1.24 bits per heavy atom. The summed E-state index contributed by atoms with van der Waals surface area (Å²) in [5, 5.41) is 4.61. The second kappa shape index (κ2) is 5.63. The smallest absolute Gasteiger partial charge is 0.125 e. The van der Waals surface area contributed by atoms with Gasteiger partial charge >= 0.3 is 0 Å². The highest BCUT2D eigenvalue weighted by Gasteiger charge is 2.34. The van der Waals surface area contributed by atoms with Crippen molar-refractivity contribution in [2.75, 3.05) is 19.6 Å². The Morgan fingerprint density at radius 2 is 2.10 bits per heavy atom. The standard InChI is InChI=1S/C16H20FN3S/c17-11-3-4-15-13(10-11)19-16(21-15)14-2-1-9-20(14)12-5-7-18-8-6-12/h3-4,10,12,14,18H,1-2,5-9H2. The monoisotopic (exact) mass is 305 g/mol. The molecule has 3 heterocycles. The van der Waals surface area contributed by atoms with Crippen molar-refractivity contribution in [2.45, 2.75) is 37.8 Å². The van der Waals surface area contributed by atoms with Crippen LogP contribution in [0.4, 0.5) is 4.39 Å². The number of halogens is 1. The summed E-state index contributed by atoms with van der Waals surface area (Å²) in [6, 6.07) is 6.06. The number of rotatable bonds is 2. The fourth-order valence-corrected chi connectivity index (χ4v) is 4.79. The highest BCUT2D eigenvalue weighted by atomic mass is 32.1. The quantitative estimate of drug-likeness (QED) is 0.922. The highest BCUT2D eigenvalue weighted by Crippen LogP contribution is 2.38. The molecule has 2 aromatic rings. The van der Waals surface area contributed by atoms with E-state index in [0.29, 0.717) is 12.1 Å². The minimum Gasteiger partial charge on any atom is -0.317 e. The lowest BCUT2D eigenvalue weighted by Gasteiger charge is -2.35. The molecular weight excluding hydrogens is 285 g/mol. The van der Waals surface area contributed by atoms with Crippen molar-refractivity contribution in [3.8, 4) is 0 Å². The third-order valence-electron chi connectivity index (χ3n) is 4.72. The molecule has 0 saturated carbocycles. The Hall–Kier alpha value is -1.04. The number of piperidine rings is 1. The van der Waals surface area contributed by atoms with Crippen LogP contribution in [0.25, 0.3) is 10.2 Å². The Balaban J connectivity index is 1.63. The third kappa shape index (κ3) is 2.58. The van der Waals surface area contributed by atoms with E-state index in [-0.39, 0.29) is 5.82 Å². The molecule has 0 spiro atoms. The predicted molar refractivity (Wildman–Crippen MR) is 84.2 cm³/mol. The van der Waals surface area contributed by atoms with E-state index in [1.807, 2.05) is 6.07 Å². The third-order valence-corrected chi connectivity index (χ3v) is 5.86. The van der Waals surface area contributed by atoms with Crippen LogP contribution in [0.15, 0.2) is 18.2 Å². The molecule has 0 amide bonds. The number of benzene rings is 1. The van der Waals surface area contributed by atoms with Crippen molar-refractivity contribution in [1.82, 2.24) is 15.2 Å². The minimum absolute atomic E-state index is 0.194. The lowest BCUT2D eigenvalue weighted by atomic mass is 10.0. The number of hydrogen-bond acceptors (Lipinski definition) is 4. The molecule has 2 fully saturated rings. The topological polar surface area (TPSA) is 28.2 Å². The molecule has 4 rings (SSSR count). The zero-order chi connectivity index (χ0) is 14.2. The molecule has 21 heavy (non-hydrogen) atoms. The van der Waals surface area contributed by atoms with Gasteiger partial charge in [0.25, 0.3) is 0 Å². The van der Waals surface area contributed by atoms with Crippen LogP contribution in [0, 0.1) is 5.82 Å². The first-order valence-electron chi connectivity index (χ1n) is 7.84. The summed E-state index contributed by atoms with van der Waals surface area (Å²) < 4.78 is 14.4.